The average molecular weight is 404 g/mol. The van der Waals surface area contributed by atoms with Gasteiger partial charge in [0, 0.05) is 5.97 Å². The minimum atomic E-state index is -0.903. The van der Waals surface area contributed by atoms with Crippen LogP contribution in [0.25, 0.3) is 0 Å². The fourth-order valence-corrected chi connectivity index (χ4v) is 3.88. The van der Waals surface area contributed by atoms with Gasteiger partial charge < -0.3 is 14.8 Å². The van der Waals surface area contributed by atoms with Crippen LogP contribution >= 0.6 is 0 Å². The van der Waals surface area contributed by atoms with Crippen LogP contribution in [0.1, 0.15) is 136 Å². The molecule has 0 aliphatic rings. The van der Waals surface area contributed by atoms with E-state index in [4.69, 9.17) is 0 Å². The first kappa shape index (κ1) is 31.2. The van der Waals surface area contributed by atoms with E-state index in [-0.39, 0.29) is 25.3 Å². The Bertz CT molecular complexity index is 308. The molecule has 0 saturated heterocycles. The summed E-state index contributed by atoms with van der Waals surface area (Å²) in [6.07, 6.45) is 23.7. The van der Waals surface area contributed by atoms with Gasteiger partial charge in [-0.2, -0.15) is 0 Å². The molecular formula is C25H50LiNO2. The first-order valence-corrected chi connectivity index (χ1v) is 12.6. The van der Waals surface area contributed by atoms with Gasteiger partial charge in [-0.1, -0.05) is 104 Å². The fourth-order valence-electron chi connectivity index (χ4n) is 3.88. The second-order valence-electron chi connectivity index (χ2n) is 8.62. The normalized spacial score (nSPS) is 11.0. The number of carboxylic acids is 1. The van der Waals surface area contributed by atoms with Gasteiger partial charge in [0.15, 0.2) is 0 Å². The SMILES string of the molecule is CCCCCCCCCN(CCCCCCCCC)CCCCCCC(=O)[O-].[Li+]. The van der Waals surface area contributed by atoms with Crippen LogP contribution in [0.2, 0.25) is 0 Å². The number of hydrogen-bond acceptors (Lipinski definition) is 3. The smallest absolute Gasteiger partial charge is 0.550 e. The van der Waals surface area contributed by atoms with E-state index in [1.54, 1.807) is 0 Å². The molecule has 0 amide bonds. The first-order chi connectivity index (χ1) is 13.7. The zero-order valence-corrected chi connectivity index (χ0v) is 20.3. The third-order valence-electron chi connectivity index (χ3n) is 5.76. The van der Waals surface area contributed by atoms with Crippen LogP contribution < -0.4 is 24.0 Å². The van der Waals surface area contributed by atoms with Crippen molar-refractivity contribution in [2.45, 2.75) is 136 Å². The molecule has 29 heavy (non-hydrogen) atoms. The van der Waals surface area contributed by atoms with Gasteiger partial charge in [0.1, 0.15) is 0 Å². The summed E-state index contributed by atoms with van der Waals surface area (Å²) in [5, 5.41) is 10.5. The molecule has 0 bridgehead atoms. The average Bonchev–Trinajstić information content (AvgIpc) is 2.68. The van der Waals surface area contributed by atoms with Crippen molar-refractivity contribution >= 4 is 5.97 Å². The first-order valence-electron chi connectivity index (χ1n) is 12.6. The minimum absolute atomic E-state index is 0. The van der Waals surface area contributed by atoms with E-state index in [1.807, 2.05) is 0 Å². The molecule has 0 spiro atoms. The summed E-state index contributed by atoms with van der Waals surface area (Å²) in [6, 6.07) is 0. The van der Waals surface area contributed by atoms with Gasteiger partial charge in [0.05, 0.1) is 0 Å². The molecule has 0 fully saturated rings. The Labute approximate surface area is 195 Å². The van der Waals surface area contributed by atoms with Crippen LogP contribution in [0.4, 0.5) is 0 Å². The number of carboxylic acid groups (broad SMARTS) is 1. The van der Waals surface area contributed by atoms with Crippen LogP contribution in [0, 0.1) is 0 Å². The molecule has 0 heterocycles. The molecule has 0 unspecified atom stereocenters. The summed E-state index contributed by atoms with van der Waals surface area (Å²) >= 11 is 0. The predicted octanol–water partition coefficient (Wildman–Crippen LogP) is 3.49. The van der Waals surface area contributed by atoms with Gasteiger partial charge in [0.2, 0.25) is 0 Å². The van der Waals surface area contributed by atoms with Crippen LogP contribution in [0.3, 0.4) is 0 Å². The molecular weight excluding hydrogens is 353 g/mol. The molecule has 0 radical (unpaired) electrons. The topological polar surface area (TPSA) is 43.4 Å². The Morgan fingerprint density at radius 1 is 0.552 bits per heavy atom. The Morgan fingerprint density at radius 2 is 0.862 bits per heavy atom. The molecule has 168 valence electrons. The number of carbonyl (C=O) groups is 1. The number of hydrogen-bond donors (Lipinski definition) is 0. The fraction of sp³-hybridized carbons (Fsp3) is 0.960. The van der Waals surface area contributed by atoms with Crippen LogP contribution in [0.5, 0.6) is 0 Å². The van der Waals surface area contributed by atoms with Crippen molar-refractivity contribution < 1.29 is 28.8 Å². The van der Waals surface area contributed by atoms with Crippen molar-refractivity contribution in [2.75, 3.05) is 19.6 Å². The van der Waals surface area contributed by atoms with Gasteiger partial charge in [-0.05, 0) is 51.7 Å². The zero-order chi connectivity index (χ0) is 20.7. The quantitative estimate of drug-likeness (QED) is 0.194. The van der Waals surface area contributed by atoms with Crippen LogP contribution in [-0.2, 0) is 4.79 Å². The van der Waals surface area contributed by atoms with Crippen molar-refractivity contribution in [1.82, 2.24) is 4.90 Å². The Hall–Kier alpha value is 0.0274. The number of carbonyl (C=O) groups excluding carboxylic acids is 1. The van der Waals surface area contributed by atoms with E-state index in [0.717, 1.165) is 19.3 Å². The number of nitrogens with zero attached hydrogens (tertiary/aromatic N) is 1. The van der Waals surface area contributed by atoms with Gasteiger partial charge in [-0.25, -0.2) is 0 Å². The summed E-state index contributed by atoms with van der Waals surface area (Å²) in [4.78, 5) is 13.2. The third kappa shape index (κ3) is 26.0. The molecule has 0 aromatic rings. The molecule has 0 saturated carbocycles. The predicted molar refractivity (Wildman–Crippen MR) is 121 cm³/mol. The number of aliphatic carboxylic acids is 1. The number of rotatable bonds is 23. The Kier molecular flexibility index (Phi) is 28.1. The zero-order valence-electron chi connectivity index (χ0n) is 20.3. The van der Waals surface area contributed by atoms with Gasteiger partial charge in [-0.3, -0.25) is 0 Å². The largest absolute Gasteiger partial charge is 1.00 e. The molecule has 3 nitrogen and oxygen atoms in total. The van der Waals surface area contributed by atoms with Crippen LogP contribution in [0.15, 0.2) is 0 Å². The van der Waals surface area contributed by atoms with Crippen molar-refractivity contribution in [3.05, 3.63) is 0 Å². The van der Waals surface area contributed by atoms with Gasteiger partial charge in [0.25, 0.3) is 0 Å². The monoisotopic (exact) mass is 403 g/mol. The molecule has 4 heteroatoms. The van der Waals surface area contributed by atoms with E-state index in [9.17, 15) is 9.90 Å². The van der Waals surface area contributed by atoms with Crippen LogP contribution in [-0.4, -0.2) is 30.5 Å². The Morgan fingerprint density at radius 3 is 1.21 bits per heavy atom. The van der Waals surface area contributed by atoms with E-state index >= 15 is 0 Å². The summed E-state index contributed by atoms with van der Waals surface area (Å²) in [6.45, 7) is 8.25. The molecule has 0 aliphatic heterocycles. The van der Waals surface area contributed by atoms with E-state index < -0.39 is 5.97 Å². The van der Waals surface area contributed by atoms with Gasteiger partial charge >= 0.3 is 18.9 Å². The van der Waals surface area contributed by atoms with Crippen molar-refractivity contribution in [3.63, 3.8) is 0 Å². The number of unbranched alkanes of at least 4 members (excludes halogenated alkanes) is 15. The van der Waals surface area contributed by atoms with E-state index in [0.29, 0.717) is 0 Å². The summed E-state index contributed by atoms with van der Waals surface area (Å²) in [7, 11) is 0. The summed E-state index contributed by atoms with van der Waals surface area (Å²) in [5.41, 5.74) is 0. The molecule has 0 rings (SSSR count). The van der Waals surface area contributed by atoms with E-state index in [2.05, 4.69) is 18.7 Å². The summed E-state index contributed by atoms with van der Waals surface area (Å²) < 4.78 is 0. The molecule has 0 aliphatic carbocycles. The van der Waals surface area contributed by atoms with E-state index in [1.165, 1.54) is 116 Å². The maximum absolute atomic E-state index is 10.5. The second kappa shape index (κ2) is 26.1. The molecule has 0 atom stereocenters. The third-order valence-corrected chi connectivity index (χ3v) is 5.76. The minimum Gasteiger partial charge on any atom is -0.550 e. The summed E-state index contributed by atoms with van der Waals surface area (Å²) in [5.74, 6) is -0.903. The standard InChI is InChI=1S/C25H51NO2.Li/c1-3-5-7-9-11-14-18-22-26(23-19-15-12-10-8-6-4-2)24-20-16-13-17-21-25(27)28;/h3-24H2,1-2H3,(H,27,28);/q;+1/p-1. The Balaban J connectivity index is 0. The van der Waals surface area contributed by atoms with Crippen molar-refractivity contribution in [2.24, 2.45) is 0 Å². The molecule has 0 aromatic carbocycles. The van der Waals surface area contributed by atoms with Crippen molar-refractivity contribution in [1.29, 1.82) is 0 Å². The maximum atomic E-state index is 10.5. The second-order valence-corrected chi connectivity index (χ2v) is 8.62. The van der Waals surface area contributed by atoms with Crippen molar-refractivity contribution in [3.8, 4) is 0 Å². The van der Waals surface area contributed by atoms with Gasteiger partial charge in [-0.15, -0.1) is 0 Å². The maximum Gasteiger partial charge on any atom is 1.00 e. The molecule has 0 N–H and O–H groups in total. The molecule has 0 aromatic heterocycles.